The van der Waals surface area contributed by atoms with Gasteiger partial charge in [-0.2, -0.15) is 5.26 Å². The van der Waals surface area contributed by atoms with Gasteiger partial charge in [0.25, 0.3) is 5.56 Å². The van der Waals surface area contributed by atoms with E-state index in [1.54, 1.807) is 26.8 Å². The first-order valence-corrected chi connectivity index (χ1v) is 6.95. The van der Waals surface area contributed by atoms with Crippen LogP contribution in [0.25, 0.3) is 0 Å². The maximum absolute atomic E-state index is 12.0. The van der Waals surface area contributed by atoms with Crippen molar-refractivity contribution in [3.05, 3.63) is 32.6 Å². The average Bonchev–Trinajstić information content (AvgIpc) is 2.86. The number of likely N-dealkylation sites (tertiary alicyclic amines) is 1. The van der Waals surface area contributed by atoms with Gasteiger partial charge in [-0.1, -0.05) is 0 Å². The van der Waals surface area contributed by atoms with E-state index in [0.717, 1.165) is 0 Å². The molecule has 0 aromatic carbocycles. The Balaban J connectivity index is 2.18. The number of nitriles is 1. The molecule has 1 atom stereocenters. The summed E-state index contributed by atoms with van der Waals surface area (Å²) in [6, 6.07) is 1.45. The Bertz CT molecular complexity index is 735. The molecule has 1 N–H and O–H groups in total. The molecule has 8 heteroatoms. The Morgan fingerprint density at radius 1 is 1.45 bits per heavy atom. The zero-order valence-corrected chi connectivity index (χ0v) is 12.8. The maximum Gasteiger partial charge on any atom is 0.410 e. The molecular formula is C14H18N4O4. The van der Waals surface area contributed by atoms with Gasteiger partial charge in [-0.15, -0.1) is 0 Å². The van der Waals surface area contributed by atoms with Crippen LogP contribution >= 0.6 is 0 Å². The fraction of sp³-hybridized carbons (Fsp3) is 0.571. The smallest absolute Gasteiger partial charge is 0.410 e. The molecule has 2 rings (SSSR count). The predicted octanol–water partition coefficient (Wildman–Crippen LogP) is 0.590. The molecule has 0 saturated carbocycles. The average molecular weight is 306 g/mol. The lowest BCUT2D eigenvalue weighted by atomic mass is 10.2. The number of amides is 1. The number of rotatable bonds is 1. The number of nitrogens with zero attached hydrogens (tertiary/aromatic N) is 3. The molecule has 8 nitrogen and oxygen atoms in total. The second kappa shape index (κ2) is 5.67. The van der Waals surface area contributed by atoms with E-state index in [1.807, 2.05) is 0 Å². The molecule has 1 aromatic heterocycles. The van der Waals surface area contributed by atoms with Crippen LogP contribution < -0.4 is 11.2 Å². The molecule has 1 amide bonds. The highest BCUT2D eigenvalue weighted by atomic mass is 16.6. The molecule has 1 saturated heterocycles. The number of aromatic nitrogens is 2. The second-order valence-electron chi connectivity index (χ2n) is 6.19. The van der Waals surface area contributed by atoms with Crippen molar-refractivity contribution in [1.82, 2.24) is 14.5 Å². The summed E-state index contributed by atoms with van der Waals surface area (Å²) in [6.45, 7) is 6.09. The summed E-state index contributed by atoms with van der Waals surface area (Å²) in [5.74, 6) is 0. The van der Waals surface area contributed by atoms with Crippen molar-refractivity contribution in [2.45, 2.75) is 38.8 Å². The fourth-order valence-corrected chi connectivity index (χ4v) is 2.30. The Kier molecular flexibility index (Phi) is 4.08. The van der Waals surface area contributed by atoms with Crippen molar-refractivity contribution in [3.63, 3.8) is 0 Å². The van der Waals surface area contributed by atoms with Crippen LogP contribution in [0, 0.1) is 11.3 Å². The van der Waals surface area contributed by atoms with Crippen LogP contribution in [0.2, 0.25) is 0 Å². The van der Waals surface area contributed by atoms with Crippen molar-refractivity contribution in [1.29, 1.82) is 5.26 Å². The number of carbonyl (C=O) groups is 1. The third kappa shape index (κ3) is 3.36. The third-order valence-electron chi connectivity index (χ3n) is 3.30. The van der Waals surface area contributed by atoms with Crippen LogP contribution in [-0.4, -0.2) is 39.2 Å². The predicted molar refractivity (Wildman–Crippen MR) is 77.5 cm³/mol. The van der Waals surface area contributed by atoms with Gasteiger partial charge in [0.05, 0.1) is 6.04 Å². The van der Waals surface area contributed by atoms with E-state index in [9.17, 15) is 14.4 Å². The Morgan fingerprint density at radius 3 is 2.73 bits per heavy atom. The molecule has 0 bridgehead atoms. The van der Waals surface area contributed by atoms with Crippen molar-refractivity contribution >= 4 is 6.09 Å². The molecule has 1 unspecified atom stereocenters. The van der Waals surface area contributed by atoms with Gasteiger partial charge in [-0.05, 0) is 27.2 Å². The van der Waals surface area contributed by atoms with Crippen LogP contribution in [-0.2, 0) is 4.74 Å². The Morgan fingerprint density at radius 2 is 2.14 bits per heavy atom. The van der Waals surface area contributed by atoms with Crippen LogP contribution in [0.3, 0.4) is 0 Å². The number of nitrogens with one attached hydrogen (secondary N) is 1. The second-order valence-corrected chi connectivity index (χ2v) is 6.19. The number of aromatic amines is 1. The molecule has 1 fully saturated rings. The lowest BCUT2D eigenvalue weighted by molar-refractivity contribution is 0.0288. The molecule has 0 aliphatic carbocycles. The quantitative estimate of drug-likeness (QED) is 0.817. The first-order chi connectivity index (χ1) is 10.2. The van der Waals surface area contributed by atoms with Crippen LogP contribution in [0.4, 0.5) is 4.79 Å². The van der Waals surface area contributed by atoms with Gasteiger partial charge in [0.2, 0.25) is 0 Å². The van der Waals surface area contributed by atoms with Gasteiger partial charge >= 0.3 is 11.8 Å². The highest BCUT2D eigenvalue weighted by Gasteiger charge is 2.31. The van der Waals surface area contributed by atoms with Crippen LogP contribution in [0.5, 0.6) is 0 Å². The summed E-state index contributed by atoms with van der Waals surface area (Å²) in [6.07, 6.45) is 1.36. The number of ether oxygens (including phenoxy) is 1. The number of hydrogen-bond donors (Lipinski definition) is 1. The molecule has 22 heavy (non-hydrogen) atoms. The van der Waals surface area contributed by atoms with Gasteiger partial charge in [0.1, 0.15) is 17.2 Å². The van der Waals surface area contributed by atoms with Crippen molar-refractivity contribution in [3.8, 4) is 6.07 Å². The van der Waals surface area contributed by atoms with Gasteiger partial charge in [-0.3, -0.25) is 14.3 Å². The zero-order chi connectivity index (χ0) is 16.5. The molecule has 1 aromatic rings. The van der Waals surface area contributed by atoms with E-state index < -0.39 is 22.9 Å². The molecule has 2 heterocycles. The lowest BCUT2D eigenvalue weighted by Crippen LogP contribution is -2.37. The topological polar surface area (TPSA) is 108 Å². The molecular weight excluding hydrogens is 288 g/mol. The van der Waals surface area contributed by atoms with E-state index in [0.29, 0.717) is 19.5 Å². The number of carbonyl (C=O) groups excluding carboxylic acids is 1. The monoisotopic (exact) mass is 306 g/mol. The molecule has 1 aliphatic rings. The summed E-state index contributed by atoms with van der Waals surface area (Å²) in [4.78, 5) is 38.9. The largest absolute Gasteiger partial charge is 0.444 e. The van der Waals surface area contributed by atoms with Gasteiger partial charge in [-0.25, -0.2) is 9.59 Å². The van der Waals surface area contributed by atoms with Gasteiger partial charge < -0.3 is 9.64 Å². The first-order valence-electron chi connectivity index (χ1n) is 6.95. The standard InChI is InChI=1S/C14H18N4O4/c1-14(2,3)22-13(21)17-5-4-10(8-17)18-7-9(6-15)11(19)16-12(18)20/h7,10H,4-5,8H2,1-3H3,(H,16,19,20). The van der Waals surface area contributed by atoms with Gasteiger partial charge in [0.15, 0.2) is 0 Å². The van der Waals surface area contributed by atoms with Crippen LogP contribution in [0.1, 0.15) is 38.8 Å². The summed E-state index contributed by atoms with van der Waals surface area (Å²) < 4.78 is 6.59. The summed E-state index contributed by atoms with van der Waals surface area (Å²) in [5, 5.41) is 8.87. The minimum absolute atomic E-state index is 0.129. The van der Waals surface area contributed by atoms with E-state index in [1.165, 1.54) is 15.7 Å². The van der Waals surface area contributed by atoms with Crippen molar-refractivity contribution in [2.75, 3.05) is 13.1 Å². The summed E-state index contributed by atoms with van der Waals surface area (Å²) in [7, 11) is 0. The van der Waals surface area contributed by atoms with Crippen LogP contribution in [0.15, 0.2) is 15.8 Å². The number of hydrogen-bond acceptors (Lipinski definition) is 5. The Hall–Kier alpha value is -2.56. The highest BCUT2D eigenvalue weighted by molar-refractivity contribution is 5.68. The molecule has 0 radical (unpaired) electrons. The van der Waals surface area contributed by atoms with E-state index in [4.69, 9.17) is 10.00 Å². The Labute approximate surface area is 126 Å². The fourth-order valence-electron chi connectivity index (χ4n) is 2.30. The third-order valence-corrected chi connectivity index (χ3v) is 3.30. The van der Waals surface area contributed by atoms with Crippen molar-refractivity contribution < 1.29 is 9.53 Å². The lowest BCUT2D eigenvalue weighted by Gasteiger charge is -2.24. The minimum Gasteiger partial charge on any atom is -0.444 e. The first kappa shape index (κ1) is 15.8. The van der Waals surface area contributed by atoms with E-state index in [-0.39, 0.29) is 11.6 Å². The molecule has 118 valence electrons. The van der Waals surface area contributed by atoms with E-state index in [2.05, 4.69) is 4.98 Å². The molecule has 0 spiro atoms. The normalized spacial score (nSPS) is 18.1. The van der Waals surface area contributed by atoms with Gasteiger partial charge in [0, 0.05) is 19.3 Å². The SMILES string of the molecule is CC(C)(C)OC(=O)N1CCC(n2cc(C#N)c(=O)[nH]c2=O)C1. The summed E-state index contributed by atoms with van der Waals surface area (Å²) in [5.41, 5.74) is -2.00. The summed E-state index contributed by atoms with van der Waals surface area (Å²) >= 11 is 0. The van der Waals surface area contributed by atoms with Crippen molar-refractivity contribution in [2.24, 2.45) is 0 Å². The maximum atomic E-state index is 12.0. The van der Waals surface area contributed by atoms with E-state index >= 15 is 0 Å². The molecule has 1 aliphatic heterocycles. The number of H-pyrrole nitrogens is 1. The minimum atomic E-state index is -0.703. The zero-order valence-electron chi connectivity index (χ0n) is 12.8. The highest BCUT2D eigenvalue weighted by Crippen LogP contribution is 2.22.